The summed E-state index contributed by atoms with van der Waals surface area (Å²) in [6.45, 7) is 0. The van der Waals surface area contributed by atoms with Gasteiger partial charge in [0, 0.05) is 0 Å². The summed E-state index contributed by atoms with van der Waals surface area (Å²) >= 11 is 0. The Kier molecular flexibility index (Phi) is 1.16. The smallest absolute Gasteiger partial charge is 0.193 e. The molecule has 9 heavy (non-hydrogen) atoms. The van der Waals surface area contributed by atoms with Crippen molar-refractivity contribution in [2.24, 2.45) is 0 Å². The van der Waals surface area contributed by atoms with Crippen molar-refractivity contribution in [1.29, 1.82) is 0 Å². The maximum atomic E-state index is 10.2. The minimum Gasteiger partial charge on any atom is -0.193 e. The standard InChI is InChI=1S/C2H2O5S2/c3-8(4)1-2-9(5,6)7-8/h1-2H. The van der Waals surface area contributed by atoms with Crippen LogP contribution in [0.25, 0.3) is 0 Å². The van der Waals surface area contributed by atoms with E-state index in [2.05, 4.69) is 3.63 Å². The predicted molar refractivity (Wildman–Crippen MR) is 28.1 cm³/mol. The lowest BCUT2D eigenvalue weighted by atomic mass is 11.3. The Morgan fingerprint density at radius 1 is 0.889 bits per heavy atom. The van der Waals surface area contributed by atoms with Crippen LogP contribution in [0.2, 0.25) is 0 Å². The van der Waals surface area contributed by atoms with Crippen molar-refractivity contribution in [2.75, 3.05) is 0 Å². The molecule has 5 nitrogen and oxygen atoms in total. The molecule has 1 rings (SSSR count). The molecule has 0 radical (unpaired) electrons. The van der Waals surface area contributed by atoms with E-state index in [4.69, 9.17) is 0 Å². The Morgan fingerprint density at radius 2 is 1.22 bits per heavy atom. The first-order chi connectivity index (χ1) is 3.91. The number of hydrogen-bond acceptors (Lipinski definition) is 5. The number of rotatable bonds is 0. The van der Waals surface area contributed by atoms with Crippen LogP contribution in [0.15, 0.2) is 10.8 Å². The van der Waals surface area contributed by atoms with Crippen LogP contribution >= 0.6 is 0 Å². The third-order valence-electron chi connectivity index (χ3n) is 0.579. The Morgan fingerprint density at radius 3 is 1.33 bits per heavy atom. The highest BCUT2D eigenvalue weighted by Gasteiger charge is 2.24. The highest BCUT2D eigenvalue weighted by molar-refractivity contribution is 8.05. The van der Waals surface area contributed by atoms with Crippen LogP contribution in [0, 0.1) is 0 Å². The van der Waals surface area contributed by atoms with Gasteiger partial charge in [-0.05, 0) is 0 Å². The fourth-order valence-corrected chi connectivity index (χ4v) is 2.82. The fraction of sp³-hybridized carbons (Fsp3) is 0. The molecule has 0 aromatic carbocycles. The van der Waals surface area contributed by atoms with Crippen molar-refractivity contribution in [1.82, 2.24) is 0 Å². The normalized spacial score (nSPS) is 28.4. The van der Waals surface area contributed by atoms with Crippen LogP contribution < -0.4 is 0 Å². The van der Waals surface area contributed by atoms with Gasteiger partial charge in [0.1, 0.15) is 0 Å². The topological polar surface area (TPSA) is 77.5 Å². The van der Waals surface area contributed by atoms with Crippen LogP contribution in [0.5, 0.6) is 0 Å². The van der Waals surface area contributed by atoms with Crippen molar-refractivity contribution in [3.63, 3.8) is 0 Å². The maximum Gasteiger partial charge on any atom is 0.305 e. The molecule has 1 aliphatic rings. The first kappa shape index (κ1) is 6.72. The van der Waals surface area contributed by atoms with Crippen LogP contribution in [0.4, 0.5) is 0 Å². The highest BCUT2D eigenvalue weighted by atomic mass is 32.3. The molecule has 0 amide bonds. The third kappa shape index (κ3) is 1.50. The Labute approximate surface area is 52.2 Å². The van der Waals surface area contributed by atoms with Gasteiger partial charge in [-0.2, -0.15) is 16.8 Å². The van der Waals surface area contributed by atoms with E-state index in [1.54, 1.807) is 0 Å². The Balaban J connectivity index is 3.28. The van der Waals surface area contributed by atoms with Crippen LogP contribution in [0.1, 0.15) is 0 Å². The molecule has 0 bridgehead atoms. The summed E-state index contributed by atoms with van der Waals surface area (Å²) in [5, 5.41) is 0.977. The molecule has 0 saturated carbocycles. The minimum atomic E-state index is -3.92. The van der Waals surface area contributed by atoms with E-state index in [9.17, 15) is 16.8 Å². The van der Waals surface area contributed by atoms with Gasteiger partial charge >= 0.3 is 20.2 Å². The predicted octanol–water partition coefficient (Wildman–Crippen LogP) is -0.853. The molecule has 52 valence electrons. The molecule has 1 heterocycles. The van der Waals surface area contributed by atoms with Crippen molar-refractivity contribution in [3.05, 3.63) is 10.8 Å². The molecule has 0 N–H and O–H groups in total. The zero-order valence-corrected chi connectivity index (χ0v) is 5.65. The van der Waals surface area contributed by atoms with E-state index in [1.165, 1.54) is 0 Å². The third-order valence-corrected chi connectivity index (χ3v) is 3.21. The molecule has 0 spiro atoms. The lowest BCUT2D eigenvalue weighted by Crippen LogP contribution is -1.99. The second-order valence-corrected chi connectivity index (χ2v) is 4.39. The zero-order chi connectivity index (χ0) is 7.12. The summed E-state index contributed by atoms with van der Waals surface area (Å²) in [5.41, 5.74) is 0. The molecular weight excluding hydrogens is 168 g/mol. The Bertz CT molecular complexity index is 295. The van der Waals surface area contributed by atoms with Crippen molar-refractivity contribution in [3.8, 4) is 0 Å². The molecule has 0 aromatic heterocycles. The first-order valence-corrected chi connectivity index (χ1v) is 4.75. The summed E-state index contributed by atoms with van der Waals surface area (Å²) in [5.74, 6) is 0. The van der Waals surface area contributed by atoms with E-state index in [0.717, 1.165) is 0 Å². The summed E-state index contributed by atoms with van der Waals surface area (Å²) < 4.78 is 44.2. The number of hydrogen-bond donors (Lipinski definition) is 0. The zero-order valence-electron chi connectivity index (χ0n) is 4.01. The van der Waals surface area contributed by atoms with Crippen LogP contribution in [-0.4, -0.2) is 16.8 Å². The summed E-state index contributed by atoms with van der Waals surface area (Å²) in [7, 11) is -7.84. The molecule has 1 aliphatic heterocycles. The summed E-state index contributed by atoms with van der Waals surface area (Å²) in [4.78, 5) is 0. The fourth-order valence-electron chi connectivity index (χ4n) is 0.314. The van der Waals surface area contributed by atoms with E-state index in [0.29, 0.717) is 10.8 Å². The molecule has 0 atom stereocenters. The quantitative estimate of drug-likeness (QED) is 0.473. The van der Waals surface area contributed by atoms with Gasteiger partial charge < -0.3 is 0 Å². The lowest BCUT2D eigenvalue weighted by Gasteiger charge is -1.85. The summed E-state index contributed by atoms with van der Waals surface area (Å²) in [6.07, 6.45) is 0. The largest absolute Gasteiger partial charge is 0.305 e. The van der Waals surface area contributed by atoms with Gasteiger partial charge in [0.25, 0.3) is 0 Å². The van der Waals surface area contributed by atoms with Crippen molar-refractivity contribution in [2.45, 2.75) is 0 Å². The highest BCUT2D eigenvalue weighted by Crippen LogP contribution is 2.12. The molecule has 7 heteroatoms. The summed E-state index contributed by atoms with van der Waals surface area (Å²) in [6, 6.07) is 0. The molecule has 0 saturated heterocycles. The SMILES string of the molecule is O=S1(=O)C=CS(=O)(=O)O1. The first-order valence-electron chi connectivity index (χ1n) is 1.80. The van der Waals surface area contributed by atoms with Gasteiger partial charge in [-0.15, -0.1) is 3.63 Å². The average molecular weight is 170 g/mol. The average Bonchev–Trinajstić information content (AvgIpc) is 1.78. The van der Waals surface area contributed by atoms with E-state index in [-0.39, 0.29) is 0 Å². The molecule has 0 fully saturated rings. The van der Waals surface area contributed by atoms with Crippen LogP contribution in [-0.2, 0) is 23.9 Å². The van der Waals surface area contributed by atoms with Crippen molar-refractivity contribution >= 4 is 20.2 Å². The van der Waals surface area contributed by atoms with E-state index >= 15 is 0 Å². The molecule has 0 aliphatic carbocycles. The van der Waals surface area contributed by atoms with E-state index < -0.39 is 20.2 Å². The Hall–Kier alpha value is -0.400. The van der Waals surface area contributed by atoms with Gasteiger partial charge in [0.15, 0.2) is 0 Å². The van der Waals surface area contributed by atoms with Gasteiger partial charge in [-0.1, -0.05) is 0 Å². The monoisotopic (exact) mass is 170 g/mol. The van der Waals surface area contributed by atoms with Crippen LogP contribution in [0.3, 0.4) is 0 Å². The molecule has 0 unspecified atom stereocenters. The van der Waals surface area contributed by atoms with Gasteiger partial charge in [-0.25, -0.2) is 0 Å². The second kappa shape index (κ2) is 1.55. The van der Waals surface area contributed by atoms with Gasteiger partial charge in [0.05, 0.1) is 10.8 Å². The maximum absolute atomic E-state index is 10.2. The second-order valence-electron chi connectivity index (χ2n) is 1.33. The van der Waals surface area contributed by atoms with Gasteiger partial charge in [-0.3, -0.25) is 0 Å². The molecule has 0 aromatic rings. The van der Waals surface area contributed by atoms with Gasteiger partial charge in [0.2, 0.25) is 0 Å². The lowest BCUT2D eigenvalue weighted by molar-refractivity contribution is 0.481. The van der Waals surface area contributed by atoms with E-state index in [1.807, 2.05) is 0 Å². The minimum absolute atomic E-state index is 0.488. The molecular formula is C2H2O5S2. The van der Waals surface area contributed by atoms with Crippen molar-refractivity contribution < 1.29 is 20.5 Å².